The van der Waals surface area contributed by atoms with Crippen molar-refractivity contribution in [3.05, 3.63) is 54.6 Å². The van der Waals surface area contributed by atoms with Crippen molar-refractivity contribution < 1.29 is 22.7 Å². The van der Waals surface area contributed by atoms with Crippen LogP contribution in [-0.4, -0.2) is 26.6 Å². The zero-order chi connectivity index (χ0) is 17.8. The van der Waals surface area contributed by atoms with E-state index in [9.17, 15) is 13.2 Å². The molecule has 0 fully saturated rings. The number of sulfone groups is 1. The number of esters is 1. The summed E-state index contributed by atoms with van der Waals surface area (Å²) in [5.41, 5.74) is -0.575. The van der Waals surface area contributed by atoms with Gasteiger partial charge in [0.25, 0.3) is 0 Å². The van der Waals surface area contributed by atoms with Crippen LogP contribution in [0.2, 0.25) is 0 Å². The highest BCUT2D eigenvalue weighted by atomic mass is 32.2. The highest BCUT2D eigenvalue weighted by molar-refractivity contribution is 7.91. The van der Waals surface area contributed by atoms with Gasteiger partial charge in [-0.25, -0.2) is 13.2 Å². The topological polar surface area (TPSA) is 69.7 Å². The van der Waals surface area contributed by atoms with E-state index in [1.54, 1.807) is 51.1 Å². The Bertz CT molecular complexity index is 788. The number of hydrogen-bond donors (Lipinski definition) is 0. The Labute approximate surface area is 142 Å². The molecule has 0 aromatic heterocycles. The number of carbonyl (C=O) groups excluding carboxylic acids is 1. The number of benzene rings is 2. The van der Waals surface area contributed by atoms with Gasteiger partial charge in [0.2, 0.25) is 9.84 Å². The molecule has 0 saturated carbocycles. The minimum absolute atomic E-state index is 0.165. The molecule has 2 rings (SSSR count). The van der Waals surface area contributed by atoms with Gasteiger partial charge in [-0.2, -0.15) is 0 Å². The second-order valence-electron chi connectivity index (χ2n) is 6.16. The summed E-state index contributed by atoms with van der Waals surface area (Å²) in [4.78, 5) is 12.0. The Kier molecular flexibility index (Phi) is 5.29. The highest BCUT2D eigenvalue weighted by Crippen LogP contribution is 2.23. The maximum atomic E-state index is 12.5. The fraction of sp³-hybridized carbons (Fsp3) is 0.278. The molecule has 0 bridgehead atoms. The van der Waals surface area contributed by atoms with Crippen molar-refractivity contribution in [2.45, 2.75) is 36.2 Å². The number of ether oxygens (including phenoxy) is 2. The van der Waals surface area contributed by atoms with Crippen LogP contribution in [0.15, 0.2) is 64.4 Å². The van der Waals surface area contributed by atoms with E-state index < -0.39 is 21.4 Å². The van der Waals surface area contributed by atoms with E-state index in [1.165, 1.54) is 24.3 Å². The average Bonchev–Trinajstić information content (AvgIpc) is 2.52. The third-order valence-electron chi connectivity index (χ3n) is 2.96. The molecular formula is C18H20O5S. The van der Waals surface area contributed by atoms with Crippen LogP contribution < -0.4 is 4.74 Å². The lowest BCUT2D eigenvalue weighted by atomic mass is 10.2. The second kappa shape index (κ2) is 7.05. The summed E-state index contributed by atoms with van der Waals surface area (Å²) in [6, 6.07) is 14.1. The van der Waals surface area contributed by atoms with Crippen molar-refractivity contribution in [2.75, 3.05) is 6.61 Å². The van der Waals surface area contributed by atoms with E-state index in [-0.39, 0.29) is 16.4 Å². The summed E-state index contributed by atoms with van der Waals surface area (Å²) >= 11 is 0. The SMILES string of the molecule is CC(C)(C)OC(=O)COc1ccc(S(=O)(=O)c2ccccc2)cc1. The lowest BCUT2D eigenvalue weighted by molar-refractivity contribution is -0.157. The minimum Gasteiger partial charge on any atom is -0.482 e. The number of carbonyl (C=O) groups is 1. The largest absolute Gasteiger partial charge is 0.482 e. The summed E-state index contributed by atoms with van der Waals surface area (Å²) in [6.07, 6.45) is 0. The quantitative estimate of drug-likeness (QED) is 0.776. The third kappa shape index (κ3) is 4.83. The van der Waals surface area contributed by atoms with Crippen LogP contribution in [0, 0.1) is 0 Å². The summed E-state index contributed by atoms with van der Waals surface area (Å²) in [7, 11) is -3.56. The maximum Gasteiger partial charge on any atom is 0.344 e. The summed E-state index contributed by atoms with van der Waals surface area (Å²) in [5, 5.41) is 0. The molecule has 0 atom stereocenters. The number of rotatable bonds is 5. The molecule has 2 aromatic carbocycles. The molecule has 2 aromatic rings. The van der Waals surface area contributed by atoms with Crippen LogP contribution in [0.25, 0.3) is 0 Å². The van der Waals surface area contributed by atoms with Crippen LogP contribution in [-0.2, 0) is 19.4 Å². The molecule has 0 radical (unpaired) electrons. The summed E-state index contributed by atoms with van der Waals surface area (Å²) in [5.74, 6) is -0.0867. The fourth-order valence-corrected chi connectivity index (χ4v) is 3.25. The van der Waals surface area contributed by atoms with E-state index in [4.69, 9.17) is 9.47 Å². The first kappa shape index (κ1) is 18.0. The molecule has 0 aliphatic heterocycles. The van der Waals surface area contributed by atoms with Gasteiger partial charge >= 0.3 is 5.97 Å². The van der Waals surface area contributed by atoms with Gasteiger partial charge in [-0.15, -0.1) is 0 Å². The monoisotopic (exact) mass is 348 g/mol. The normalized spacial score (nSPS) is 11.8. The van der Waals surface area contributed by atoms with Crippen LogP contribution in [0.1, 0.15) is 20.8 Å². The van der Waals surface area contributed by atoms with Crippen molar-refractivity contribution in [3.63, 3.8) is 0 Å². The molecule has 0 N–H and O–H groups in total. The standard InChI is InChI=1S/C18H20O5S/c1-18(2,3)23-17(19)13-22-14-9-11-16(12-10-14)24(20,21)15-7-5-4-6-8-15/h4-12H,13H2,1-3H3. The molecule has 0 aliphatic carbocycles. The molecule has 24 heavy (non-hydrogen) atoms. The third-order valence-corrected chi connectivity index (χ3v) is 4.75. The van der Waals surface area contributed by atoms with Gasteiger partial charge in [-0.3, -0.25) is 0 Å². The summed E-state index contributed by atoms with van der Waals surface area (Å²) in [6.45, 7) is 5.08. The lowest BCUT2D eigenvalue weighted by Gasteiger charge is -2.19. The lowest BCUT2D eigenvalue weighted by Crippen LogP contribution is -2.27. The Hall–Kier alpha value is -2.34. The van der Waals surface area contributed by atoms with Crippen molar-refractivity contribution in [1.82, 2.24) is 0 Å². The highest BCUT2D eigenvalue weighted by Gasteiger charge is 2.18. The van der Waals surface area contributed by atoms with E-state index in [0.29, 0.717) is 5.75 Å². The Balaban J connectivity index is 2.05. The second-order valence-corrected chi connectivity index (χ2v) is 8.11. The molecular weight excluding hydrogens is 328 g/mol. The maximum absolute atomic E-state index is 12.5. The van der Waals surface area contributed by atoms with Crippen molar-refractivity contribution in [2.24, 2.45) is 0 Å². The van der Waals surface area contributed by atoms with Crippen molar-refractivity contribution in [1.29, 1.82) is 0 Å². The number of hydrogen-bond acceptors (Lipinski definition) is 5. The van der Waals surface area contributed by atoms with Crippen LogP contribution in [0.5, 0.6) is 5.75 Å². The molecule has 0 amide bonds. The van der Waals surface area contributed by atoms with Gasteiger partial charge < -0.3 is 9.47 Å². The molecule has 5 nitrogen and oxygen atoms in total. The predicted octanol–water partition coefficient (Wildman–Crippen LogP) is 3.24. The fourth-order valence-electron chi connectivity index (χ4n) is 1.96. The first-order chi connectivity index (χ1) is 11.2. The molecule has 0 saturated heterocycles. The van der Waals surface area contributed by atoms with Crippen molar-refractivity contribution >= 4 is 15.8 Å². The molecule has 0 heterocycles. The van der Waals surface area contributed by atoms with Crippen LogP contribution >= 0.6 is 0 Å². The Morgan fingerprint density at radius 1 is 0.917 bits per heavy atom. The Morgan fingerprint density at radius 3 is 2.00 bits per heavy atom. The van der Waals surface area contributed by atoms with Gasteiger partial charge in [-0.1, -0.05) is 18.2 Å². The summed E-state index contributed by atoms with van der Waals surface area (Å²) < 4.78 is 35.4. The van der Waals surface area contributed by atoms with Crippen LogP contribution in [0.4, 0.5) is 0 Å². The molecule has 6 heteroatoms. The van der Waals surface area contributed by atoms with Crippen LogP contribution in [0.3, 0.4) is 0 Å². The first-order valence-corrected chi connectivity index (χ1v) is 8.92. The van der Waals surface area contributed by atoms with Gasteiger partial charge in [0.05, 0.1) is 9.79 Å². The van der Waals surface area contributed by atoms with E-state index in [2.05, 4.69) is 0 Å². The average molecular weight is 348 g/mol. The molecule has 0 spiro atoms. The predicted molar refractivity (Wildman–Crippen MR) is 89.7 cm³/mol. The zero-order valence-corrected chi connectivity index (χ0v) is 14.7. The van der Waals surface area contributed by atoms with Crippen molar-refractivity contribution in [3.8, 4) is 5.75 Å². The molecule has 0 aliphatic rings. The van der Waals surface area contributed by atoms with E-state index in [1.807, 2.05) is 0 Å². The van der Waals surface area contributed by atoms with E-state index >= 15 is 0 Å². The van der Waals surface area contributed by atoms with Gasteiger partial charge in [0.15, 0.2) is 6.61 Å². The van der Waals surface area contributed by atoms with Gasteiger partial charge in [0.1, 0.15) is 11.4 Å². The molecule has 128 valence electrons. The first-order valence-electron chi connectivity index (χ1n) is 7.43. The van der Waals surface area contributed by atoms with Gasteiger partial charge in [0, 0.05) is 0 Å². The Morgan fingerprint density at radius 2 is 1.46 bits per heavy atom. The molecule has 0 unspecified atom stereocenters. The van der Waals surface area contributed by atoms with Gasteiger partial charge in [-0.05, 0) is 57.2 Å². The smallest absolute Gasteiger partial charge is 0.344 e. The van der Waals surface area contributed by atoms with E-state index in [0.717, 1.165) is 0 Å². The minimum atomic E-state index is -3.56. The zero-order valence-electron chi connectivity index (χ0n) is 13.9.